The number of unbranched alkanes of at least 4 members (excludes halogenated alkanes) is 47. The number of rotatable bonds is 76. The van der Waals surface area contributed by atoms with Crippen LogP contribution in [0, 0.1) is 5.92 Å². The zero-order chi connectivity index (χ0) is 69.8. The summed E-state index contributed by atoms with van der Waals surface area (Å²) in [6.07, 6.45) is 58.3. The normalized spacial score (nSPS) is 14.2. The van der Waals surface area contributed by atoms with Crippen LogP contribution in [0.5, 0.6) is 0 Å². The summed E-state index contributed by atoms with van der Waals surface area (Å²) in [7, 11) is -9.91. The number of phosphoric acid groups is 2. The van der Waals surface area contributed by atoms with Crippen LogP contribution in [-0.2, 0) is 65.4 Å². The van der Waals surface area contributed by atoms with Gasteiger partial charge in [-0.25, -0.2) is 9.13 Å². The highest BCUT2D eigenvalue weighted by Crippen LogP contribution is 2.45. The number of carbonyl (C=O) groups excluding carboxylic acids is 4. The zero-order valence-corrected chi connectivity index (χ0v) is 63.6. The maximum absolute atomic E-state index is 13.1. The Kier molecular flexibility index (Phi) is 67.7. The number of aliphatic hydroxyl groups excluding tert-OH is 1. The molecule has 3 N–H and O–H groups in total. The fourth-order valence-corrected chi connectivity index (χ4v) is 13.3. The van der Waals surface area contributed by atoms with Crippen LogP contribution in [-0.4, -0.2) is 96.7 Å². The molecule has 0 aliphatic heterocycles. The summed E-state index contributed by atoms with van der Waals surface area (Å²) in [6.45, 7) is 7.25. The van der Waals surface area contributed by atoms with Gasteiger partial charge in [0.05, 0.1) is 26.4 Å². The first kappa shape index (κ1) is 93.1. The second-order valence-electron chi connectivity index (χ2n) is 27.6. The third kappa shape index (κ3) is 69.0. The molecule has 0 radical (unpaired) electrons. The van der Waals surface area contributed by atoms with Crippen molar-refractivity contribution in [3.8, 4) is 0 Å². The molecule has 0 aliphatic rings. The van der Waals surface area contributed by atoms with Crippen molar-refractivity contribution in [3.05, 3.63) is 0 Å². The molecule has 19 heteroatoms. The average molecular weight is 1400 g/mol. The van der Waals surface area contributed by atoms with E-state index in [1.165, 1.54) is 218 Å². The topological polar surface area (TPSA) is 237 Å². The van der Waals surface area contributed by atoms with E-state index >= 15 is 0 Å². The minimum atomic E-state index is -4.96. The molecule has 95 heavy (non-hydrogen) atoms. The Balaban J connectivity index is 5.22. The Morgan fingerprint density at radius 3 is 0.747 bits per heavy atom. The molecule has 0 aliphatic carbocycles. The first-order chi connectivity index (χ1) is 46.1. The van der Waals surface area contributed by atoms with E-state index in [0.29, 0.717) is 25.7 Å². The Labute approximate surface area is 581 Å². The molecule has 564 valence electrons. The van der Waals surface area contributed by atoms with E-state index in [4.69, 9.17) is 37.0 Å². The summed E-state index contributed by atoms with van der Waals surface area (Å²) in [4.78, 5) is 72.8. The molecular formula is C76H148O17P2. The van der Waals surface area contributed by atoms with E-state index in [0.717, 1.165) is 102 Å². The largest absolute Gasteiger partial charge is 0.472 e. The van der Waals surface area contributed by atoms with E-state index in [1.807, 2.05) is 0 Å². The first-order valence-corrected chi connectivity index (χ1v) is 42.7. The Morgan fingerprint density at radius 1 is 0.295 bits per heavy atom. The highest BCUT2D eigenvalue weighted by atomic mass is 31.2. The monoisotopic (exact) mass is 1400 g/mol. The maximum Gasteiger partial charge on any atom is 0.472 e. The molecule has 3 unspecified atom stereocenters. The van der Waals surface area contributed by atoms with Crippen LogP contribution in [0.1, 0.15) is 401 Å². The molecule has 6 atom stereocenters. The zero-order valence-electron chi connectivity index (χ0n) is 61.8. The summed E-state index contributed by atoms with van der Waals surface area (Å²) < 4.78 is 68.5. The van der Waals surface area contributed by atoms with E-state index < -0.39 is 97.5 Å². The molecule has 0 fully saturated rings. The predicted molar refractivity (Wildman–Crippen MR) is 386 cm³/mol. The molecule has 0 amide bonds. The summed E-state index contributed by atoms with van der Waals surface area (Å²) in [5.41, 5.74) is 0. The van der Waals surface area contributed by atoms with E-state index in [2.05, 4.69) is 34.6 Å². The second-order valence-corrected chi connectivity index (χ2v) is 30.5. The molecule has 17 nitrogen and oxygen atoms in total. The van der Waals surface area contributed by atoms with Crippen LogP contribution in [0.3, 0.4) is 0 Å². The van der Waals surface area contributed by atoms with E-state index in [1.54, 1.807) is 0 Å². The van der Waals surface area contributed by atoms with Crippen molar-refractivity contribution in [1.29, 1.82) is 0 Å². The molecule has 0 saturated heterocycles. The van der Waals surface area contributed by atoms with Gasteiger partial charge in [-0.3, -0.25) is 37.3 Å². The van der Waals surface area contributed by atoms with E-state index in [-0.39, 0.29) is 25.7 Å². The van der Waals surface area contributed by atoms with Gasteiger partial charge in [-0.05, 0) is 31.6 Å². The molecule has 0 aromatic rings. The van der Waals surface area contributed by atoms with Crippen LogP contribution >= 0.6 is 15.6 Å². The minimum absolute atomic E-state index is 0.106. The number of hydrogen-bond donors (Lipinski definition) is 3. The molecule has 0 bridgehead atoms. The fourth-order valence-electron chi connectivity index (χ4n) is 11.7. The summed E-state index contributed by atoms with van der Waals surface area (Å²) >= 11 is 0. The lowest BCUT2D eigenvalue weighted by molar-refractivity contribution is -0.161. The van der Waals surface area contributed by atoms with Gasteiger partial charge < -0.3 is 33.8 Å². The number of aliphatic hydroxyl groups is 1. The summed E-state index contributed by atoms with van der Waals surface area (Å²) in [6, 6.07) is 0. The van der Waals surface area contributed by atoms with Gasteiger partial charge in [0.2, 0.25) is 0 Å². The highest BCUT2D eigenvalue weighted by molar-refractivity contribution is 7.47. The number of hydrogen-bond acceptors (Lipinski definition) is 15. The lowest BCUT2D eigenvalue weighted by Crippen LogP contribution is -2.30. The lowest BCUT2D eigenvalue weighted by Gasteiger charge is -2.21. The Bertz CT molecular complexity index is 1820. The van der Waals surface area contributed by atoms with Crippen LogP contribution in [0.15, 0.2) is 0 Å². The van der Waals surface area contributed by atoms with Crippen molar-refractivity contribution in [2.45, 2.75) is 419 Å². The quantitative estimate of drug-likeness (QED) is 0.0222. The Morgan fingerprint density at radius 2 is 0.505 bits per heavy atom. The van der Waals surface area contributed by atoms with Gasteiger partial charge in [0.25, 0.3) is 0 Å². The van der Waals surface area contributed by atoms with Crippen molar-refractivity contribution in [3.63, 3.8) is 0 Å². The van der Waals surface area contributed by atoms with Gasteiger partial charge >= 0.3 is 39.5 Å². The molecule has 0 spiro atoms. The predicted octanol–water partition coefficient (Wildman–Crippen LogP) is 22.5. The molecule has 0 aromatic carbocycles. The van der Waals surface area contributed by atoms with Crippen LogP contribution in [0.4, 0.5) is 0 Å². The maximum atomic E-state index is 13.1. The van der Waals surface area contributed by atoms with Gasteiger partial charge in [0, 0.05) is 25.7 Å². The SMILES string of the molecule is CCCCCCCCCCCCCCCCCCCCCC(=O)O[C@H](COC(=O)CCCCCCCCCCCCCCCCC)COP(=O)(O)OC[C@@H](O)COP(=O)(O)OC[C@@H](COC(=O)CCCCCCCCC(C)CC)OC(=O)CCCCCCCCCCCCC. The number of esters is 4. The second kappa shape index (κ2) is 69.2. The van der Waals surface area contributed by atoms with E-state index in [9.17, 15) is 43.2 Å². The number of phosphoric ester groups is 2. The first-order valence-electron chi connectivity index (χ1n) is 39.7. The van der Waals surface area contributed by atoms with Crippen LogP contribution < -0.4 is 0 Å². The molecule has 0 aromatic heterocycles. The van der Waals surface area contributed by atoms with Crippen molar-refractivity contribution in [2.75, 3.05) is 39.6 Å². The summed E-state index contributed by atoms with van der Waals surface area (Å²) in [5.74, 6) is -1.38. The van der Waals surface area contributed by atoms with Crippen molar-refractivity contribution in [2.24, 2.45) is 5.92 Å². The lowest BCUT2D eigenvalue weighted by atomic mass is 10.00. The fraction of sp³-hybridized carbons (Fsp3) is 0.947. The summed E-state index contributed by atoms with van der Waals surface area (Å²) in [5, 5.41) is 10.6. The van der Waals surface area contributed by atoms with Gasteiger partial charge in [-0.15, -0.1) is 0 Å². The molecule has 0 rings (SSSR count). The minimum Gasteiger partial charge on any atom is -0.462 e. The third-order valence-corrected chi connectivity index (χ3v) is 20.0. The van der Waals surface area contributed by atoms with Crippen LogP contribution in [0.2, 0.25) is 0 Å². The van der Waals surface area contributed by atoms with Crippen molar-refractivity contribution >= 4 is 39.5 Å². The highest BCUT2D eigenvalue weighted by Gasteiger charge is 2.30. The van der Waals surface area contributed by atoms with Gasteiger partial charge in [-0.2, -0.15) is 0 Å². The molecular weight excluding hydrogens is 1250 g/mol. The van der Waals surface area contributed by atoms with Crippen molar-refractivity contribution < 1.29 is 80.2 Å². The number of carbonyl (C=O) groups is 4. The average Bonchev–Trinajstić information content (AvgIpc) is 2.21. The smallest absolute Gasteiger partial charge is 0.462 e. The van der Waals surface area contributed by atoms with Gasteiger partial charge in [0.1, 0.15) is 19.3 Å². The van der Waals surface area contributed by atoms with Gasteiger partial charge in [-0.1, -0.05) is 349 Å². The third-order valence-electron chi connectivity index (χ3n) is 18.1. The Hall–Kier alpha value is -1.94. The molecule has 0 heterocycles. The number of ether oxygens (including phenoxy) is 4. The standard InChI is InChI=1S/C76H148O17P2/c1-6-10-13-16-19-22-25-27-29-30-31-32-34-36-39-42-45-52-57-62-76(81)92-71(65-86-73(78)59-54-49-43-40-38-35-33-28-26-23-20-17-14-11-7-2)67-90-94(82,83)88-63-70(77)64-89-95(84,85)91-68-72(66-87-74(79)60-55-50-47-46-48-53-58-69(5)9-4)93-75(80)61-56-51-44-41-37-24-21-18-15-12-8-3/h69-72,77H,6-68H2,1-5H3,(H,82,83)(H,84,85)/t69?,70-,71-,72-/m1/s1. The van der Waals surface area contributed by atoms with Gasteiger partial charge in [0.15, 0.2) is 12.2 Å². The van der Waals surface area contributed by atoms with Crippen LogP contribution in [0.25, 0.3) is 0 Å². The molecule has 0 saturated carbocycles. The van der Waals surface area contributed by atoms with Crippen molar-refractivity contribution in [1.82, 2.24) is 0 Å².